The number of hydrogen-bond donors (Lipinski definition) is 3. The van der Waals surface area contributed by atoms with Crippen LogP contribution in [0.15, 0.2) is 48.5 Å². The quantitative estimate of drug-likeness (QED) is 0.764. The molecule has 0 fully saturated rings. The van der Waals surface area contributed by atoms with Crippen molar-refractivity contribution in [1.29, 1.82) is 0 Å². The van der Waals surface area contributed by atoms with Crippen LogP contribution >= 0.6 is 0 Å². The molecule has 0 radical (unpaired) electrons. The lowest BCUT2D eigenvalue weighted by atomic mass is 10.1. The molecule has 5 nitrogen and oxygen atoms in total. The summed E-state index contributed by atoms with van der Waals surface area (Å²) in [4.78, 5) is 22.8. The lowest BCUT2D eigenvalue weighted by Gasteiger charge is -2.09. The van der Waals surface area contributed by atoms with Crippen LogP contribution in [0.25, 0.3) is 0 Å². The first-order valence-electron chi connectivity index (χ1n) is 7.92. The van der Waals surface area contributed by atoms with E-state index >= 15 is 0 Å². The third-order valence-corrected chi connectivity index (χ3v) is 3.56. The molecule has 0 unspecified atom stereocenters. The van der Waals surface area contributed by atoms with E-state index in [1.165, 1.54) is 12.5 Å². The average Bonchev–Trinajstić information content (AvgIpc) is 2.58. The Morgan fingerprint density at radius 3 is 1.92 bits per heavy atom. The van der Waals surface area contributed by atoms with Crippen LogP contribution in [0.5, 0.6) is 0 Å². The number of rotatable bonds is 6. The van der Waals surface area contributed by atoms with Crippen LogP contribution in [0.3, 0.4) is 0 Å². The minimum atomic E-state index is -0.206. The Labute approximate surface area is 142 Å². The van der Waals surface area contributed by atoms with Crippen molar-refractivity contribution >= 4 is 11.9 Å². The van der Waals surface area contributed by atoms with Gasteiger partial charge in [0.25, 0.3) is 0 Å². The van der Waals surface area contributed by atoms with E-state index in [9.17, 15) is 9.59 Å². The molecule has 0 atom stereocenters. The number of carbonyl (C=O) groups is 2. The molecular weight excluding hydrogens is 302 g/mol. The lowest BCUT2D eigenvalue weighted by molar-refractivity contribution is -0.119. The monoisotopic (exact) mass is 325 g/mol. The van der Waals surface area contributed by atoms with Gasteiger partial charge < -0.3 is 16.0 Å². The largest absolute Gasteiger partial charge is 0.352 e. The predicted molar refractivity (Wildman–Crippen MR) is 94.2 cm³/mol. The number of urea groups is 1. The van der Waals surface area contributed by atoms with E-state index in [-0.39, 0.29) is 11.9 Å². The smallest absolute Gasteiger partial charge is 0.315 e. The standard InChI is InChI=1S/C19H23N3O2/c1-14-6-8-16(9-7-14)11-21-19(24)22-13-18-5-3-4-17(10-18)12-20-15(2)23/h3-10H,11-13H2,1-2H3,(H,20,23)(H2,21,22,24). The van der Waals surface area contributed by atoms with Gasteiger partial charge in [-0.3, -0.25) is 4.79 Å². The van der Waals surface area contributed by atoms with Gasteiger partial charge >= 0.3 is 6.03 Å². The molecular formula is C19H23N3O2. The highest BCUT2D eigenvalue weighted by atomic mass is 16.2. The van der Waals surface area contributed by atoms with Crippen molar-refractivity contribution in [2.75, 3.05) is 0 Å². The van der Waals surface area contributed by atoms with E-state index in [1.807, 2.05) is 55.5 Å². The fraction of sp³-hybridized carbons (Fsp3) is 0.263. The molecule has 0 aromatic heterocycles. The minimum Gasteiger partial charge on any atom is -0.352 e. The van der Waals surface area contributed by atoms with Crippen LogP contribution in [-0.2, 0) is 24.4 Å². The van der Waals surface area contributed by atoms with Crippen LogP contribution in [0, 0.1) is 6.92 Å². The summed E-state index contributed by atoms with van der Waals surface area (Å²) in [7, 11) is 0. The molecule has 0 aliphatic carbocycles. The normalized spacial score (nSPS) is 10.1. The Bertz CT molecular complexity index is 696. The van der Waals surface area contributed by atoms with Gasteiger partial charge in [-0.1, -0.05) is 54.1 Å². The molecule has 126 valence electrons. The van der Waals surface area contributed by atoms with Crippen molar-refractivity contribution in [3.05, 3.63) is 70.8 Å². The molecule has 2 aromatic carbocycles. The maximum absolute atomic E-state index is 11.9. The van der Waals surface area contributed by atoms with Gasteiger partial charge in [0.15, 0.2) is 0 Å². The first kappa shape index (κ1) is 17.5. The highest BCUT2D eigenvalue weighted by Crippen LogP contribution is 2.05. The Hall–Kier alpha value is -2.82. The zero-order valence-corrected chi connectivity index (χ0v) is 14.1. The molecule has 0 heterocycles. The number of hydrogen-bond acceptors (Lipinski definition) is 2. The van der Waals surface area contributed by atoms with Gasteiger partial charge in [0.05, 0.1) is 0 Å². The minimum absolute atomic E-state index is 0.0611. The molecule has 0 bridgehead atoms. The fourth-order valence-corrected chi connectivity index (χ4v) is 2.21. The van der Waals surface area contributed by atoms with Crippen LogP contribution in [0.4, 0.5) is 4.79 Å². The Morgan fingerprint density at radius 2 is 1.33 bits per heavy atom. The molecule has 0 saturated heterocycles. The van der Waals surface area contributed by atoms with Crippen molar-refractivity contribution in [3.63, 3.8) is 0 Å². The highest BCUT2D eigenvalue weighted by molar-refractivity contribution is 5.74. The van der Waals surface area contributed by atoms with Crippen molar-refractivity contribution in [2.24, 2.45) is 0 Å². The first-order chi connectivity index (χ1) is 11.5. The van der Waals surface area contributed by atoms with Gasteiger partial charge in [-0.05, 0) is 23.6 Å². The second-order valence-electron chi connectivity index (χ2n) is 5.75. The first-order valence-corrected chi connectivity index (χ1v) is 7.92. The van der Waals surface area contributed by atoms with Crippen molar-refractivity contribution in [2.45, 2.75) is 33.5 Å². The maximum Gasteiger partial charge on any atom is 0.315 e. The molecule has 3 amide bonds. The molecule has 2 rings (SSSR count). The summed E-state index contributed by atoms with van der Waals surface area (Å²) in [5, 5.41) is 8.43. The molecule has 0 aliphatic rings. The van der Waals surface area contributed by atoms with E-state index in [0.717, 1.165) is 16.7 Å². The SMILES string of the molecule is CC(=O)NCc1cccc(CNC(=O)NCc2ccc(C)cc2)c1. The van der Waals surface area contributed by atoms with Crippen molar-refractivity contribution in [3.8, 4) is 0 Å². The average molecular weight is 325 g/mol. The third-order valence-electron chi connectivity index (χ3n) is 3.56. The van der Waals surface area contributed by atoms with Gasteiger partial charge in [-0.25, -0.2) is 4.79 Å². The third kappa shape index (κ3) is 6.12. The van der Waals surface area contributed by atoms with Crippen LogP contribution in [0.1, 0.15) is 29.2 Å². The number of aryl methyl sites for hydroxylation is 1. The second kappa shape index (κ2) is 8.72. The zero-order chi connectivity index (χ0) is 17.4. The number of benzene rings is 2. The molecule has 24 heavy (non-hydrogen) atoms. The Kier molecular flexibility index (Phi) is 6.37. The summed E-state index contributed by atoms with van der Waals surface area (Å²) in [5.74, 6) is -0.0611. The maximum atomic E-state index is 11.9. The summed E-state index contributed by atoms with van der Waals surface area (Å²) < 4.78 is 0. The zero-order valence-electron chi connectivity index (χ0n) is 14.1. The van der Waals surface area contributed by atoms with Crippen LogP contribution in [-0.4, -0.2) is 11.9 Å². The summed E-state index contributed by atoms with van der Waals surface area (Å²) in [5.41, 5.74) is 4.25. The number of amides is 3. The van der Waals surface area contributed by atoms with Crippen LogP contribution < -0.4 is 16.0 Å². The van der Waals surface area contributed by atoms with Gasteiger partial charge in [0, 0.05) is 26.6 Å². The topological polar surface area (TPSA) is 70.2 Å². The van der Waals surface area contributed by atoms with E-state index in [4.69, 9.17) is 0 Å². The molecule has 0 spiro atoms. The van der Waals surface area contributed by atoms with E-state index in [2.05, 4.69) is 16.0 Å². The predicted octanol–water partition coefficient (Wildman–Crippen LogP) is 2.63. The molecule has 0 aliphatic heterocycles. The van der Waals surface area contributed by atoms with Crippen molar-refractivity contribution < 1.29 is 9.59 Å². The van der Waals surface area contributed by atoms with E-state index in [0.29, 0.717) is 19.6 Å². The molecule has 5 heteroatoms. The number of carbonyl (C=O) groups excluding carboxylic acids is 2. The lowest BCUT2D eigenvalue weighted by Crippen LogP contribution is -2.34. The second-order valence-corrected chi connectivity index (χ2v) is 5.75. The van der Waals surface area contributed by atoms with E-state index < -0.39 is 0 Å². The van der Waals surface area contributed by atoms with Gasteiger partial charge in [-0.2, -0.15) is 0 Å². The molecule has 2 aromatic rings. The summed E-state index contributed by atoms with van der Waals surface area (Å²) in [6.45, 7) is 4.94. The Balaban J connectivity index is 1.77. The van der Waals surface area contributed by atoms with Gasteiger partial charge in [0.2, 0.25) is 5.91 Å². The number of nitrogens with one attached hydrogen (secondary N) is 3. The summed E-state index contributed by atoms with van der Waals surface area (Å²) >= 11 is 0. The molecule has 0 saturated carbocycles. The molecule has 3 N–H and O–H groups in total. The summed E-state index contributed by atoms with van der Waals surface area (Å²) in [6.07, 6.45) is 0. The van der Waals surface area contributed by atoms with Crippen molar-refractivity contribution in [1.82, 2.24) is 16.0 Å². The van der Waals surface area contributed by atoms with E-state index in [1.54, 1.807) is 0 Å². The van der Waals surface area contributed by atoms with Gasteiger partial charge in [-0.15, -0.1) is 0 Å². The Morgan fingerprint density at radius 1 is 0.792 bits per heavy atom. The highest BCUT2D eigenvalue weighted by Gasteiger charge is 2.02. The summed E-state index contributed by atoms with van der Waals surface area (Å²) in [6, 6.07) is 15.6. The fourth-order valence-electron chi connectivity index (χ4n) is 2.21. The van der Waals surface area contributed by atoms with Gasteiger partial charge in [0.1, 0.15) is 0 Å². The van der Waals surface area contributed by atoms with Crippen LogP contribution in [0.2, 0.25) is 0 Å².